The lowest BCUT2D eigenvalue weighted by Crippen LogP contribution is -2.26. The zero-order chi connectivity index (χ0) is 22.4. The normalized spacial score (nSPS) is 12.6. The van der Waals surface area contributed by atoms with Gasteiger partial charge in [0, 0.05) is 13.1 Å². The van der Waals surface area contributed by atoms with Gasteiger partial charge in [-0.15, -0.1) is 5.10 Å². The van der Waals surface area contributed by atoms with E-state index in [1.807, 2.05) is 0 Å². The molecule has 13 heteroatoms. The fourth-order valence-electron chi connectivity index (χ4n) is 2.92. The van der Waals surface area contributed by atoms with Crippen molar-refractivity contribution in [1.82, 2.24) is 19.7 Å². The molecule has 0 saturated heterocycles. The molecule has 0 unspecified atom stereocenters. The van der Waals surface area contributed by atoms with Gasteiger partial charge in [-0.25, -0.2) is 14.6 Å². The molecule has 1 aromatic carbocycles. The molecule has 2 aromatic heterocycles. The van der Waals surface area contributed by atoms with Crippen LogP contribution in [0.4, 0.5) is 32.2 Å². The maximum atomic E-state index is 13.7. The Bertz CT molecular complexity index is 1090. The molecule has 30 heavy (non-hydrogen) atoms. The van der Waals surface area contributed by atoms with Crippen molar-refractivity contribution < 1.29 is 26.3 Å². The molecule has 0 aliphatic heterocycles. The van der Waals surface area contributed by atoms with E-state index in [1.54, 1.807) is 13.8 Å². The first-order chi connectivity index (χ1) is 13.9. The Morgan fingerprint density at radius 2 is 1.57 bits per heavy atom. The minimum absolute atomic E-state index is 0.0947. The largest absolute Gasteiger partial charge is 0.451 e. The monoisotopic (exact) mass is 471 g/mol. The molecule has 0 aliphatic rings. The van der Waals surface area contributed by atoms with Crippen molar-refractivity contribution in [1.29, 1.82) is 0 Å². The SMILES string of the molecule is CCN(CC)c1c2c(C(F)(F)F)nc(C(F)(F)F)nc2nn1-c1ccc(Cl)c(Cl)c1. The highest BCUT2D eigenvalue weighted by Gasteiger charge is 2.43. The van der Waals surface area contributed by atoms with Crippen LogP contribution in [0.3, 0.4) is 0 Å². The Kier molecular flexibility index (Phi) is 5.80. The van der Waals surface area contributed by atoms with Crippen molar-refractivity contribution in [2.24, 2.45) is 0 Å². The minimum atomic E-state index is -5.18. The van der Waals surface area contributed by atoms with Crippen molar-refractivity contribution in [3.63, 3.8) is 0 Å². The van der Waals surface area contributed by atoms with Crippen molar-refractivity contribution in [2.45, 2.75) is 26.2 Å². The van der Waals surface area contributed by atoms with Crippen LogP contribution in [0, 0.1) is 0 Å². The summed E-state index contributed by atoms with van der Waals surface area (Å²) < 4.78 is 81.6. The number of alkyl halides is 6. The number of halogens is 8. The Hall–Kier alpha value is -2.27. The van der Waals surface area contributed by atoms with Crippen LogP contribution in [0.2, 0.25) is 10.0 Å². The number of anilines is 1. The van der Waals surface area contributed by atoms with Crippen LogP contribution in [0.5, 0.6) is 0 Å². The fourth-order valence-corrected chi connectivity index (χ4v) is 3.21. The van der Waals surface area contributed by atoms with Gasteiger partial charge in [0.05, 0.1) is 21.1 Å². The number of benzene rings is 1. The summed E-state index contributed by atoms with van der Waals surface area (Å²) >= 11 is 11.9. The van der Waals surface area contributed by atoms with Gasteiger partial charge in [0.15, 0.2) is 11.3 Å². The molecule has 0 bridgehead atoms. The summed E-state index contributed by atoms with van der Waals surface area (Å²) in [5, 5.41) is 3.59. The zero-order valence-electron chi connectivity index (χ0n) is 15.4. The van der Waals surface area contributed by atoms with Gasteiger partial charge in [-0.3, -0.25) is 0 Å². The molecular formula is C17H13Cl2F6N5. The van der Waals surface area contributed by atoms with Crippen LogP contribution in [-0.4, -0.2) is 32.8 Å². The average Bonchev–Trinajstić information content (AvgIpc) is 3.02. The van der Waals surface area contributed by atoms with Crippen LogP contribution in [0.1, 0.15) is 25.4 Å². The van der Waals surface area contributed by atoms with Gasteiger partial charge in [-0.1, -0.05) is 23.2 Å². The van der Waals surface area contributed by atoms with Gasteiger partial charge in [0.2, 0.25) is 5.82 Å². The average molecular weight is 472 g/mol. The molecule has 0 atom stereocenters. The van der Waals surface area contributed by atoms with Gasteiger partial charge < -0.3 is 4.90 Å². The zero-order valence-corrected chi connectivity index (χ0v) is 16.9. The van der Waals surface area contributed by atoms with Crippen LogP contribution < -0.4 is 4.90 Å². The Morgan fingerprint density at radius 3 is 2.07 bits per heavy atom. The smallest absolute Gasteiger partial charge is 0.356 e. The predicted octanol–water partition coefficient (Wildman–Crippen LogP) is 6.01. The van der Waals surface area contributed by atoms with Gasteiger partial charge >= 0.3 is 12.4 Å². The van der Waals surface area contributed by atoms with Gasteiger partial charge in [0.25, 0.3) is 0 Å². The number of hydrogen-bond donors (Lipinski definition) is 0. The molecule has 2 heterocycles. The van der Waals surface area contributed by atoms with E-state index in [-0.39, 0.29) is 34.6 Å². The first kappa shape index (κ1) is 22.4. The molecule has 0 fully saturated rings. The van der Waals surface area contributed by atoms with Crippen LogP contribution in [-0.2, 0) is 12.4 Å². The number of hydrogen-bond acceptors (Lipinski definition) is 4. The second kappa shape index (κ2) is 7.77. The highest BCUT2D eigenvalue weighted by molar-refractivity contribution is 6.42. The summed E-state index contributed by atoms with van der Waals surface area (Å²) in [5.41, 5.74) is -2.25. The third-order valence-corrected chi connectivity index (χ3v) is 4.98. The molecule has 162 valence electrons. The van der Waals surface area contributed by atoms with Crippen LogP contribution >= 0.6 is 23.2 Å². The maximum absolute atomic E-state index is 13.7. The van der Waals surface area contributed by atoms with Gasteiger partial charge in [-0.05, 0) is 32.0 Å². The lowest BCUT2D eigenvalue weighted by molar-refractivity contribution is -0.151. The summed E-state index contributed by atoms with van der Waals surface area (Å²) in [6.07, 6.45) is -10.4. The predicted molar refractivity (Wildman–Crippen MR) is 100 cm³/mol. The maximum Gasteiger partial charge on any atom is 0.451 e. The Morgan fingerprint density at radius 1 is 0.933 bits per heavy atom. The number of nitrogens with zero attached hydrogens (tertiary/aromatic N) is 5. The highest BCUT2D eigenvalue weighted by atomic mass is 35.5. The van der Waals surface area contributed by atoms with Gasteiger partial charge in [0.1, 0.15) is 5.82 Å². The van der Waals surface area contributed by atoms with Crippen molar-refractivity contribution >= 4 is 40.1 Å². The number of rotatable bonds is 4. The van der Waals surface area contributed by atoms with E-state index >= 15 is 0 Å². The first-order valence-electron chi connectivity index (χ1n) is 8.54. The van der Waals surface area contributed by atoms with E-state index in [4.69, 9.17) is 23.2 Å². The quantitative estimate of drug-likeness (QED) is 0.437. The molecule has 5 nitrogen and oxygen atoms in total. The standard InChI is InChI=1S/C17H13Cl2F6N5/c1-3-29(4-2)14-11-12(16(20,21)22)26-15(17(23,24)25)27-13(11)28-30(14)8-5-6-9(18)10(19)7-8/h5-7H,3-4H2,1-2H3. The van der Waals surface area contributed by atoms with E-state index in [0.717, 1.165) is 4.68 Å². The lowest BCUT2D eigenvalue weighted by Gasteiger charge is -2.23. The van der Waals surface area contributed by atoms with Crippen molar-refractivity contribution in [3.05, 3.63) is 39.8 Å². The molecular weight excluding hydrogens is 459 g/mol. The second-order valence-corrected chi connectivity index (χ2v) is 6.91. The Balaban J connectivity index is 2.47. The van der Waals surface area contributed by atoms with Crippen molar-refractivity contribution in [3.8, 4) is 5.69 Å². The molecule has 0 radical (unpaired) electrons. The van der Waals surface area contributed by atoms with Crippen LogP contribution in [0.25, 0.3) is 16.7 Å². The topological polar surface area (TPSA) is 46.8 Å². The van der Waals surface area contributed by atoms with E-state index in [9.17, 15) is 26.3 Å². The first-order valence-corrected chi connectivity index (χ1v) is 9.29. The Labute approximate surface area is 176 Å². The van der Waals surface area contributed by atoms with Gasteiger partial charge in [-0.2, -0.15) is 26.3 Å². The van der Waals surface area contributed by atoms with Crippen LogP contribution in [0.15, 0.2) is 18.2 Å². The highest BCUT2D eigenvalue weighted by Crippen LogP contribution is 2.41. The molecule has 0 spiro atoms. The second-order valence-electron chi connectivity index (χ2n) is 6.10. The summed E-state index contributed by atoms with van der Waals surface area (Å²) in [6, 6.07) is 4.17. The summed E-state index contributed by atoms with van der Waals surface area (Å²) in [4.78, 5) is 7.57. The number of aromatic nitrogens is 4. The van der Waals surface area contributed by atoms with E-state index in [1.165, 1.54) is 23.1 Å². The van der Waals surface area contributed by atoms with E-state index < -0.39 is 34.9 Å². The summed E-state index contributed by atoms with van der Waals surface area (Å²) in [7, 11) is 0. The third kappa shape index (κ3) is 4.00. The minimum Gasteiger partial charge on any atom is -0.356 e. The summed E-state index contributed by atoms with van der Waals surface area (Å²) in [5.74, 6) is -2.03. The molecule has 3 aromatic rings. The number of fused-ring (bicyclic) bond motifs is 1. The third-order valence-electron chi connectivity index (χ3n) is 4.24. The lowest BCUT2D eigenvalue weighted by atomic mass is 10.2. The summed E-state index contributed by atoms with van der Waals surface area (Å²) in [6.45, 7) is 3.85. The molecule has 3 rings (SSSR count). The molecule has 0 N–H and O–H groups in total. The molecule has 0 amide bonds. The van der Waals surface area contributed by atoms with E-state index in [0.29, 0.717) is 0 Å². The fraction of sp³-hybridized carbons (Fsp3) is 0.353. The molecule has 0 aliphatic carbocycles. The van der Waals surface area contributed by atoms with Crippen molar-refractivity contribution in [2.75, 3.05) is 18.0 Å². The molecule has 0 saturated carbocycles. The van der Waals surface area contributed by atoms with E-state index in [2.05, 4.69) is 15.1 Å².